The molecule has 0 spiro atoms. The van der Waals surface area contributed by atoms with E-state index in [4.69, 9.17) is 14.7 Å². The van der Waals surface area contributed by atoms with E-state index < -0.39 is 41.3 Å². The summed E-state index contributed by atoms with van der Waals surface area (Å²) in [5.74, 6) is -0.345. The van der Waals surface area contributed by atoms with Crippen molar-refractivity contribution < 1.29 is 29.6 Å². The van der Waals surface area contributed by atoms with Crippen LogP contribution in [-0.2, 0) is 14.3 Å². The monoisotopic (exact) mass is 546 g/mol. The van der Waals surface area contributed by atoms with Gasteiger partial charge in [0, 0.05) is 5.92 Å². The van der Waals surface area contributed by atoms with E-state index in [0.717, 1.165) is 18.4 Å². The molecule has 2 rings (SSSR count). The van der Waals surface area contributed by atoms with Crippen LogP contribution in [0.15, 0.2) is 36.0 Å². The summed E-state index contributed by atoms with van der Waals surface area (Å²) in [6.07, 6.45) is 9.45. The molecular weight excluding hydrogens is 496 g/mol. The third kappa shape index (κ3) is 9.84. The molecule has 2 heterocycles. The molecule has 0 aliphatic carbocycles. The highest BCUT2D eigenvalue weighted by molar-refractivity contribution is 5.70. The molecule has 39 heavy (non-hydrogen) atoms. The lowest BCUT2D eigenvalue weighted by Crippen LogP contribution is -2.52. The van der Waals surface area contributed by atoms with Crippen molar-refractivity contribution in [3.8, 4) is 6.07 Å². The molecule has 0 aromatic rings. The third-order valence-corrected chi connectivity index (χ3v) is 8.12. The quantitative estimate of drug-likeness (QED) is 0.106. The summed E-state index contributed by atoms with van der Waals surface area (Å²) in [5.41, 5.74) is -0.983. The molecular formula is C31H50N2O6. The number of hydrogen-bond acceptors (Lipinski definition) is 8. The molecule has 220 valence electrons. The van der Waals surface area contributed by atoms with Crippen molar-refractivity contribution in [2.45, 2.75) is 123 Å². The molecule has 0 bridgehead atoms. The lowest BCUT2D eigenvalue weighted by atomic mass is 9.80. The normalized spacial score (nSPS) is 33.3. The van der Waals surface area contributed by atoms with Gasteiger partial charge in [-0.15, -0.1) is 0 Å². The van der Waals surface area contributed by atoms with E-state index in [-0.39, 0.29) is 31.1 Å². The predicted molar refractivity (Wildman–Crippen MR) is 151 cm³/mol. The van der Waals surface area contributed by atoms with Crippen LogP contribution in [0.1, 0.15) is 80.6 Å². The van der Waals surface area contributed by atoms with Gasteiger partial charge in [0.15, 0.2) is 0 Å². The van der Waals surface area contributed by atoms with Gasteiger partial charge in [0.1, 0.15) is 12.2 Å². The van der Waals surface area contributed by atoms with Crippen LogP contribution in [0.3, 0.4) is 0 Å². The maximum absolute atomic E-state index is 12.6. The number of epoxide rings is 1. The number of carbonyl (C=O) groups is 1. The van der Waals surface area contributed by atoms with Crippen LogP contribution in [0, 0.1) is 28.6 Å². The van der Waals surface area contributed by atoms with Gasteiger partial charge in [-0.3, -0.25) is 10.1 Å². The van der Waals surface area contributed by atoms with E-state index in [1.165, 1.54) is 0 Å². The minimum Gasteiger partial charge on any atom is -0.457 e. The SMILES string of the molecule is CCCC(C)C1OC1C(NCC#N)C(C)(O)C=CC=C(C)C1OC(=O)CC(O)CCC(C)(C)C(O)C=CC1C. The topological polar surface area (TPSA) is 135 Å². The minimum atomic E-state index is -1.30. The molecule has 0 radical (unpaired) electrons. The smallest absolute Gasteiger partial charge is 0.309 e. The Bertz CT molecular complexity index is 934. The maximum Gasteiger partial charge on any atom is 0.309 e. The number of allylic oxidation sites excluding steroid dienone is 2. The number of hydrogen-bond donors (Lipinski definition) is 4. The fourth-order valence-corrected chi connectivity index (χ4v) is 5.31. The summed E-state index contributed by atoms with van der Waals surface area (Å²) >= 11 is 0. The zero-order chi connectivity index (χ0) is 29.4. The summed E-state index contributed by atoms with van der Waals surface area (Å²) in [5, 5.41) is 44.7. The van der Waals surface area contributed by atoms with E-state index in [0.29, 0.717) is 18.8 Å². The Kier molecular flexibility index (Phi) is 12.4. The van der Waals surface area contributed by atoms with Crippen molar-refractivity contribution in [2.75, 3.05) is 6.54 Å². The van der Waals surface area contributed by atoms with Crippen molar-refractivity contribution in [1.29, 1.82) is 5.26 Å². The zero-order valence-electron chi connectivity index (χ0n) is 24.8. The van der Waals surface area contributed by atoms with E-state index in [2.05, 4.69) is 25.2 Å². The summed E-state index contributed by atoms with van der Waals surface area (Å²) in [4.78, 5) is 12.6. The van der Waals surface area contributed by atoms with Gasteiger partial charge in [-0.1, -0.05) is 71.4 Å². The summed E-state index contributed by atoms with van der Waals surface area (Å²) in [6, 6.07) is 1.62. The minimum absolute atomic E-state index is 0.0391. The van der Waals surface area contributed by atoms with Gasteiger partial charge in [0.2, 0.25) is 0 Å². The molecule has 9 unspecified atom stereocenters. The number of aliphatic hydroxyl groups is 3. The number of esters is 1. The standard InChI is InChI=1S/C31H50N2O6/c1-8-10-20(2)27-28(39-27)29(33-18-17-32)31(7,37)15-9-11-21(3)26-22(4)12-13-24(35)30(5,6)16-14-23(34)19-25(36)38-26/h9,11-13,15,20,22-24,26-29,33-35,37H,8,10,14,16,18-19H2,1-7H3. The number of nitrogens with one attached hydrogen (secondary N) is 1. The molecule has 1 fully saturated rings. The van der Waals surface area contributed by atoms with E-state index >= 15 is 0 Å². The van der Waals surface area contributed by atoms with Crippen molar-refractivity contribution >= 4 is 5.97 Å². The second kappa shape index (κ2) is 14.6. The number of ether oxygens (including phenoxy) is 2. The average molecular weight is 547 g/mol. The van der Waals surface area contributed by atoms with Gasteiger partial charge in [-0.05, 0) is 50.0 Å². The number of nitriles is 1. The molecule has 0 aromatic heterocycles. The fraction of sp³-hybridized carbons (Fsp3) is 0.742. The van der Waals surface area contributed by atoms with Crippen LogP contribution in [0.25, 0.3) is 0 Å². The third-order valence-electron chi connectivity index (χ3n) is 8.12. The van der Waals surface area contributed by atoms with Gasteiger partial charge in [0.25, 0.3) is 0 Å². The molecule has 4 N–H and O–H groups in total. The lowest BCUT2D eigenvalue weighted by molar-refractivity contribution is -0.151. The zero-order valence-corrected chi connectivity index (χ0v) is 24.8. The Balaban J connectivity index is 2.24. The summed E-state index contributed by atoms with van der Waals surface area (Å²) in [7, 11) is 0. The Morgan fingerprint density at radius 3 is 2.67 bits per heavy atom. The van der Waals surface area contributed by atoms with Crippen LogP contribution in [0.4, 0.5) is 0 Å². The van der Waals surface area contributed by atoms with Crippen LogP contribution in [-0.4, -0.2) is 70.0 Å². The number of nitrogens with zero attached hydrogens (tertiary/aromatic N) is 1. The highest BCUT2D eigenvalue weighted by atomic mass is 16.6. The van der Waals surface area contributed by atoms with Crippen LogP contribution in [0.2, 0.25) is 0 Å². The van der Waals surface area contributed by atoms with Gasteiger partial charge < -0.3 is 24.8 Å². The first-order chi connectivity index (χ1) is 18.2. The molecule has 0 saturated carbocycles. The second-order valence-corrected chi connectivity index (χ2v) is 12.3. The summed E-state index contributed by atoms with van der Waals surface area (Å²) < 4.78 is 11.7. The lowest BCUT2D eigenvalue weighted by Gasteiger charge is -2.31. The van der Waals surface area contributed by atoms with Gasteiger partial charge in [0.05, 0.1) is 49.0 Å². The summed E-state index contributed by atoms with van der Waals surface area (Å²) in [6.45, 7) is 13.7. The van der Waals surface area contributed by atoms with Crippen molar-refractivity contribution in [1.82, 2.24) is 5.32 Å². The largest absolute Gasteiger partial charge is 0.457 e. The molecule has 0 aromatic carbocycles. The number of carbonyl (C=O) groups excluding carboxylic acids is 1. The molecule has 8 nitrogen and oxygen atoms in total. The molecule has 2 aliphatic rings. The van der Waals surface area contributed by atoms with Crippen LogP contribution in [0.5, 0.6) is 0 Å². The Labute approximate surface area is 234 Å². The van der Waals surface area contributed by atoms with Crippen LogP contribution >= 0.6 is 0 Å². The number of aliphatic hydroxyl groups excluding tert-OH is 2. The van der Waals surface area contributed by atoms with Crippen molar-refractivity contribution in [3.05, 3.63) is 36.0 Å². The number of cyclic esters (lactones) is 1. The second-order valence-electron chi connectivity index (χ2n) is 12.3. The van der Waals surface area contributed by atoms with E-state index in [9.17, 15) is 20.1 Å². The first-order valence-electron chi connectivity index (χ1n) is 14.3. The molecule has 8 heteroatoms. The van der Waals surface area contributed by atoms with Gasteiger partial charge >= 0.3 is 5.97 Å². The van der Waals surface area contributed by atoms with Gasteiger partial charge in [-0.2, -0.15) is 5.26 Å². The Hall–Kier alpha value is -2.02. The Morgan fingerprint density at radius 1 is 1.33 bits per heavy atom. The first kappa shape index (κ1) is 33.2. The van der Waals surface area contributed by atoms with Crippen LogP contribution < -0.4 is 5.32 Å². The van der Waals surface area contributed by atoms with Gasteiger partial charge in [-0.25, -0.2) is 0 Å². The molecule has 1 saturated heterocycles. The fourth-order valence-electron chi connectivity index (χ4n) is 5.31. The molecule has 9 atom stereocenters. The first-order valence-corrected chi connectivity index (χ1v) is 14.3. The number of rotatable bonds is 10. The van der Waals surface area contributed by atoms with E-state index in [1.807, 2.05) is 33.8 Å². The molecule has 2 aliphatic heterocycles. The van der Waals surface area contributed by atoms with Crippen molar-refractivity contribution in [3.63, 3.8) is 0 Å². The molecule has 0 amide bonds. The maximum atomic E-state index is 12.6. The average Bonchev–Trinajstić information content (AvgIpc) is 3.64. The van der Waals surface area contributed by atoms with Crippen molar-refractivity contribution in [2.24, 2.45) is 17.3 Å². The highest BCUT2D eigenvalue weighted by Crippen LogP contribution is 2.38. The highest BCUT2D eigenvalue weighted by Gasteiger charge is 2.52. The predicted octanol–water partition coefficient (Wildman–Crippen LogP) is 3.96. The van der Waals surface area contributed by atoms with E-state index in [1.54, 1.807) is 31.2 Å². The Morgan fingerprint density at radius 2 is 2.03 bits per heavy atom.